The van der Waals surface area contributed by atoms with Crippen molar-refractivity contribution in [3.63, 3.8) is 0 Å². The minimum Gasteiger partial charge on any atom is -0.300 e. The molecule has 0 heterocycles. The third kappa shape index (κ3) is 15.4. The van der Waals surface area contributed by atoms with E-state index in [4.69, 9.17) is 0 Å². The van der Waals surface area contributed by atoms with Gasteiger partial charge in [0.05, 0.1) is 0 Å². The number of ketones is 1. The van der Waals surface area contributed by atoms with Gasteiger partial charge in [0.2, 0.25) is 0 Å². The summed E-state index contributed by atoms with van der Waals surface area (Å²) in [5.74, 6) is 0.341. The van der Waals surface area contributed by atoms with Gasteiger partial charge in [-0.1, -0.05) is 63.5 Å². The van der Waals surface area contributed by atoms with E-state index >= 15 is 0 Å². The summed E-state index contributed by atoms with van der Waals surface area (Å²) >= 11 is 0. The number of unbranched alkanes of at least 4 members (excludes halogenated alkanes) is 10. The second-order valence-corrected chi connectivity index (χ2v) is 5.35. The van der Waals surface area contributed by atoms with Gasteiger partial charge in [0.25, 0.3) is 0 Å². The van der Waals surface area contributed by atoms with Crippen LogP contribution in [0.1, 0.15) is 90.9 Å². The summed E-state index contributed by atoms with van der Waals surface area (Å²) in [6.07, 6.45) is 19.8. The van der Waals surface area contributed by atoms with Crippen molar-refractivity contribution in [2.75, 3.05) is 0 Å². The van der Waals surface area contributed by atoms with Crippen LogP contribution in [0.15, 0.2) is 12.2 Å². The number of carbonyl (C=O) groups excluding carboxylic acids is 1. The van der Waals surface area contributed by atoms with Crippen LogP contribution in [0.3, 0.4) is 0 Å². The Balaban J connectivity index is 2.96. The number of rotatable bonds is 13. The lowest BCUT2D eigenvalue weighted by molar-refractivity contribution is -0.117. The van der Waals surface area contributed by atoms with Crippen LogP contribution in [-0.4, -0.2) is 5.78 Å². The van der Waals surface area contributed by atoms with Crippen LogP contribution in [0.2, 0.25) is 0 Å². The smallest absolute Gasteiger partial charge is 0.129 e. The number of carbonyl (C=O) groups is 1. The lowest BCUT2D eigenvalue weighted by Crippen LogP contribution is -1.89. The minimum atomic E-state index is 0.341. The highest BCUT2D eigenvalue weighted by molar-refractivity contribution is 5.75. The average molecular weight is 252 g/mol. The van der Waals surface area contributed by atoms with Gasteiger partial charge in [0.15, 0.2) is 0 Å². The van der Waals surface area contributed by atoms with E-state index in [1.54, 1.807) is 6.92 Å². The van der Waals surface area contributed by atoms with Crippen LogP contribution >= 0.6 is 0 Å². The molecule has 0 aliphatic carbocycles. The van der Waals surface area contributed by atoms with Gasteiger partial charge in [-0.25, -0.2) is 0 Å². The van der Waals surface area contributed by atoms with E-state index in [1.165, 1.54) is 64.2 Å². The Morgan fingerprint density at radius 3 is 1.67 bits per heavy atom. The summed E-state index contributed by atoms with van der Waals surface area (Å²) in [6, 6.07) is 0. The molecule has 0 atom stereocenters. The van der Waals surface area contributed by atoms with Crippen LogP contribution < -0.4 is 0 Å². The first kappa shape index (κ1) is 17.4. The summed E-state index contributed by atoms with van der Waals surface area (Å²) in [4.78, 5) is 10.7. The van der Waals surface area contributed by atoms with E-state index in [9.17, 15) is 4.79 Å². The maximum atomic E-state index is 10.7. The molecular weight excluding hydrogens is 220 g/mol. The first-order chi connectivity index (χ1) is 8.77. The molecule has 0 aliphatic rings. The fourth-order valence-electron chi connectivity index (χ4n) is 2.22. The number of allylic oxidation sites excluding steroid dienone is 2. The molecule has 18 heavy (non-hydrogen) atoms. The summed E-state index contributed by atoms with van der Waals surface area (Å²) in [5.41, 5.74) is 0. The topological polar surface area (TPSA) is 17.1 Å². The van der Waals surface area contributed by atoms with Gasteiger partial charge in [-0.05, 0) is 33.1 Å². The lowest BCUT2D eigenvalue weighted by Gasteiger charge is -2.02. The van der Waals surface area contributed by atoms with Crippen molar-refractivity contribution in [3.05, 3.63) is 12.2 Å². The van der Waals surface area contributed by atoms with Gasteiger partial charge < -0.3 is 4.79 Å². The monoisotopic (exact) mass is 252 g/mol. The Morgan fingerprint density at radius 1 is 0.778 bits per heavy atom. The van der Waals surface area contributed by atoms with Crippen molar-refractivity contribution >= 4 is 5.78 Å². The van der Waals surface area contributed by atoms with E-state index in [1.807, 2.05) is 0 Å². The minimum absolute atomic E-state index is 0.341. The van der Waals surface area contributed by atoms with Crippen molar-refractivity contribution in [3.8, 4) is 0 Å². The fourth-order valence-corrected chi connectivity index (χ4v) is 2.22. The number of hydrogen-bond donors (Lipinski definition) is 0. The molecule has 0 aromatic heterocycles. The Bertz CT molecular complexity index is 206. The van der Waals surface area contributed by atoms with Crippen LogP contribution in [0, 0.1) is 0 Å². The maximum absolute atomic E-state index is 10.7. The van der Waals surface area contributed by atoms with E-state index in [2.05, 4.69) is 19.1 Å². The molecule has 0 aromatic carbocycles. The molecule has 0 rings (SSSR count). The Hall–Kier alpha value is -0.590. The molecule has 0 bridgehead atoms. The number of Topliss-reactive ketones (excluding diaryl/α,β-unsaturated/α-hetero) is 1. The predicted octanol–water partition coefficient (Wildman–Crippen LogP) is 5.83. The Labute approximate surface area is 114 Å². The first-order valence-electron chi connectivity index (χ1n) is 7.88. The molecule has 0 saturated heterocycles. The molecule has 0 spiro atoms. The van der Waals surface area contributed by atoms with Gasteiger partial charge in [0, 0.05) is 6.42 Å². The molecule has 0 aliphatic heterocycles. The Morgan fingerprint density at radius 2 is 1.22 bits per heavy atom. The van der Waals surface area contributed by atoms with Crippen LogP contribution in [-0.2, 0) is 4.79 Å². The molecule has 1 heteroatoms. The molecule has 0 fully saturated rings. The quantitative estimate of drug-likeness (QED) is 0.297. The molecular formula is C17H32O. The zero-order chi connectivity index (χ0) is 13.5. The average Bonchev–Trinajstić information content (AvgIpc) is 2.34. The van der Waals surface area contributed by atoms with E-state index in [0.29, 0.717) is 5.78 Å². The highest BCUT2D eigenvalue weighted by atomic mass is 16.1. The van der Waals surface area contributed by atoms with Gasteiger partial charge in [-0.15, -0.1) is 0 Å². The van der Waals surface area contributed by atoms with Crippen molar-refractivity contribution in [1.82, 2.24) is 0 Å². The molecule has 0 unspecified atom stereocenters. The zero-order valence-electron chi connectivity index (χ0n) is 12.5. The SMILES string of the molecule is CC=CCCCCCCCCCCCCC(C)=O. The second kappa shape index (κ2) is 14.5. The largest absolute Gasteiger partial charge is 0.300 e. The molecule has 0 amide bonds. The lowest BCUT2D eigenvalue weighted by atomic mass is 10.0. The third-order valence-electron chi connectivity index (χ3n) is 3.39. The van der Waals surface area contributed by atoms with Crippen molar-refractivity contribution < 1.29 is 4.79 Å². The van der Waals surface area contributed by atoms with Gasteiger partial charge >= 0.3 is 0 Å². The molecule has 106 valence electrons. The molecule has 0 radical (unpaired) electrons. The van der Waals surface area contributed by atoms with Crippen LogP contribution in [0.5, 0.6) is 0 Å². The molecule has 0 N–H and O–H groups in total. The van der Waals surface area contributed by atoms with Crippen molar-refractivity contribution in [1.29, 1.82) is 0 Å². The highest BCUT2D eigenvalue weighted by Crippen LogP contribution is 2.12. The molecule has 0 aromatic rings. The standard InChI is InChI=1S/C17H32O/c1-3-4-5-6-7-8-9-10-11-12-13-14-15-16-17(2)18/h3-4H,5-16H2,1-2H3. The summed E-state index contributed by atoms with van der Waals surface area (Å²) in [6.45, 7) is 3.78. The normalized spacial score (nSPS) is 11.2. The predicted molar refractivity (Wildman–Crippen MR) is 80.9 cm³/mol. The second-order valence-electron chi connectivity index (χ2n) is 5.35. The summed E-state index contributed by atoms with van der Waals surface area (Å²) in [5, 5.41) is 0. The molecule has 1 nitrogen and oxygen atoms in total. The first-order valence-corrected chi connectivity index (χ1v) is 7.88. The maximum Gasteiger partial charge on any atom is 0.129 e. The van der Waals surface area contributed by atoms with E-state index in [-0.39, 0.29) is 0 Å². The van der Waals surface area contributed by atoms with Crippen molar-refractivity contribution in [2.24, 2.45) is 0 Å². The van der Waals surface area contributed by atoms with Crippen molar-refractivity contribution in [2.45, 2.75) is 90.9 Å². The number of hydrogen-bond acceptors (Lipinski definition) is 1. The highest BCUT2D eigenvalue weighted by Gasteiger charge is 1.95. The van der Waals surface area contributed by atoms with Crippen LogP contribution in [0.25, 0.3) is 0 Å². The van der Waals surface area contributed by atoms with Crippen LogP contribution in [0.4, 0.5) is 0 Å². The Kier molecular flexibility index (Phi) is 14.0. The van der Waals surface area contributed by atoms with Gasteiger partial charge in [-0.3, -0.25) is 0 Å². The van der Waals surface area contributed by atoms with Gasteiger partial charge in [0.1, 0.15) is 5.78 Å². The summed E-state index contributed by atoms with van der Waals surface area (Å²) in [7, 11) is 0. The zero-order valence-corrected chi connectivity index (χ0v) is 12.5. The van der Waals surface area contributed by atoms with E-state index < -0.39 is 0 Å². The summed E-state index contributed by atoms with van der Waals surface area (Å²) < 4.78 is 0. The fraction of sp³-hybridized carbons (Fsp3) is 0.824. The third-order valence-corrected chi connectivity index (χ3v) is 3.39. The molecule has 0 saturated carbocycles. The van der Waals surface area contributed by atoms with E-state index in [0.717, 1.165) is 12.8 Å². The van der Waals surface area contributed by atoms with Gasteiger partial charge in [-0.2, -0.15) is 0 Å².